The lowest BCUT2D eigenvalue weighted by Gasteiger charge is -2.31. The van der Waals surface area contributed by atoms with Gasteiger partial charge in [-0.25, -0.2) is 20.0 Å². The predicted molar refractivity (Wildman–Crippen MR) is 352 cm³/mol. The number of likely N-dealkylation sites (tertiary alicyclic amines) is 1. The number of aromatic nitrogens is 3. The SMILES string of the molecule is CC(=O)OC[C@@H](NC(=O)[C@H](Cc1c[nH]c2ccccc12)NC(=O)[C@H](Cc1cnc[nH]1)NC(=O)[C@@H]1CCC(=O)N1)C(=O)N[C@@H](Cc1ccc(O)cc1)C(=O)N[C@H](COC(C)(C)C)C(=O)N[C@@H](CC(C)C)C(=O)N[C@@H](CCCN=C(N)N)C(=O)N1CCC[C@H]1C(=O)NNC(N)=O.O=C(O)C(F)(F)F. The molecule has 552 valence electrons. The number of phenolic OH excluding ortho intramolecular Hbond substituents is 1. The van der Waals surface area contributed by atoms with E-state index in [0.29, 0.717) is 34.1 Å². The number of aromatic hydroxyl groups is 1. The van der Waals surface area contributed by atoms with Gasteiger partial charge in [-0.15, -0.1) is 0 Å². The van der Waals surface area contributed by atoms with Crippen LogP contribution >= 0.6 is 0 Å². The number of hydrogen-bond donors (Lipinski definition) is 17. The number of fused-ring (bicyclic) bond motifs is 1. The Morgan fingerprint density at radius 3 is 1.83 bits per heavy atom. The van der Waals surface area contributed by atoms with Crippen molar-refractivity contribution in [2.75, 3.05) is 26.3 Å². The summed E-state index contributed by atoms with van der Waals surface area (Å²) in [6.07, 6.45) is -0.333. The van der Waals surface area contributed by atoms with Gasteiger partial charge in [0.2, 0.25) is 53.2 Å². The number of benzene rings is 2. The van der Waals surface area contributed by atoms with Gasteiger partial charge in [-0.1, -0.05) is 44.2 Å². The van der Waals surface area contributed by atoms with Gasteiger partial charge in [-0.3, -0.25) is 63.2 Å². The molecule has 4 aromatic rings. The van der Waals surface area contributed by atoms with Crippen molar-refractivity contribution in [3.8, 4) is 5.75 Å². The van der Waals surface area contributed by atoms with Gasteiger partial charge in [0.25, 0.3) is 5.91 Å². The lowest BCUT2D eigenvalue weighted by atomic mass is 10.0. The fourth-order valence-corrected chi connectivity index (χ4v) is 10.4. The van der Waals surface area contributed by atoms with Gasteiger partial charge in [-0.05, 0) is 94.5 Å². The number of hydrazine groups is 1. The predicted octanol–water partition coefficient (Wildman–Crippen LogP) is -1.90. The smallest absolute Gasteiger partial charge is 0.490 e. The molecule has 2 aliphatic rings. The van der Waals surface area contributed by atoms with Crippen LogP contribution in [0.2, 0.25) is 0 Å². The minimum Gasteiger partial charge on any atom is -0.508 e. The number of rotatable bonds is 32. The molecule has 0 spiro atoms. The Kier molecular flexibility index (Phi) is 30.1. The number of carbonyl (C=O) groups excluding carboxylic acids is 12. The van der Waals surface area contributed by atoms with Crippen LogP contribution in [0.5, 0.6) is 5.75 Å². The van der Waals surface area contributed by atoms with Crippen molar-refractivity contribution in [3.63, 3.8) is 0 Å². The van der Waals surface area contributed by atoms with Gasteiger partial charge in [0.1, 0.15) is 66.7 Å². The minimum absolute atomic E-state index is 0.00819. The molecule has 0 bridgehead atoms. The molecule has 2 saturated heterocycles. The van der Waals surface area contributed by atoms with E-state index in [2.05, 4.69) is 67.9 Å². The Morgan fingerprint density at radius 2 is 1.28 bits per heavy atom. The van der Waals surface area contributed by atoms with Gasteiger partial charge >= 0.3 is 24.1 Å². The Bertz CT molecular complexity index is 3600. The molecular formula is C63H87F3N18O17. The van der Waals surface area contributed by atoms with Crippen molar-refractivity contribution in [2.45, 2.75) is 172 Å². The largest absolute Gasteiger partial charge is 0.508 e. The van der Waals surface area contributed by atoms with Crippen molar-refractivity contribution in [1.82, 2.24) is 73.2 Å². The number of aliphatic imine (C=N–C) groups is 1. The van der Waals surface area contributed by atoms with Gasteiger partial charge in [0, 0.05) is 74.7 Å². The summed E-state index contributed by atoms with van der Waals surface area (Å²) in [6, 6.07) is -0.949. The average molecular weight is 1430 g/mol. The number of carboxylic acid groups (broad SMARTS) is 1. The fourth-order valence-electron chi connectivity index (χ4n) is 10.4. The molecule has 101 heavy (non-hydrogen) atoms. The lowest BCUT2D eigenvalue weighted by Crippen LogP contribution is -2.62. The van der Waals surface area contributed by atoms with Gasteiger partial charge < -0.3 is 94.3 Å². The number of H-pyrrole nitrogens is 2. The fraction of sp³-hybridized carbons (Fsp3) is 0.508. The summed E-state index contributed by atoms with van der Waals surface area (Å²) in [5.74, 6) is -12.4. The molecule has 0 saturated carbocycles. The molecule has 2 aromatic carbocycles. The topological polar surface area (TPSA) is 539 Å². The molecule has 35 nitrogen and oxygen atoms in total. The number of nitrogens with two attached hydrogens (primary N) is 3. The van der Waals surface area contributed by atoms with Crippen LogP contribution in [0, 0.1) is 5.92 Å². The van der Waals surface area contributed by atoms with Crippen molar-refractivity contribution in [1.29, 1.82) is 0 Å². The quantitative estimate of drug-likeness (QED) is 0.00835. The summed E-state index contributed by atoms with van der Waals surface area (Å²) in [5, 5.41) is 39.3. The first-order chi connectivity index (χ1) is 47.5. The number of hydrogen-bond acceptors (Lipinski definition) is 18. The van der Waals surface area contributed by atoms with E-state index in [0.717, 1.165) is 6.92 Å². The monoisotopic (exact) mass is 1420 g/mol. The number of aromatic amines is 2. The summed E-state index contributed by atoms with van der Waals surface area (Å²) in [5.41, 5.74) is 21.5. The number of amides is 12. The van der Waals surface area contributed by atoms with Crippen LogP contribution < -0.4 is 70.6 Å². The van der Waals surface area contributed by atoms with Crippen molar-refractivity contribution in [3.05, 3.63) is 84.1 Å². The van der Waals surface area contributed by atoms with Crippen LogP contribution in [0.25, 0.3) is 10.9 Å². The summed E-state index contributed by atoms with van der Waals surface area (Å²) in [4.78, 5) is 189. The molecular weight excluding hydrogens is 1340 g/mol. The van der Waals surface area contributed by atoms with E-state index in [1.165, 1.54) is 41.7 Å². The van der Waals surface area contributed by atoms with Crippen LogP contribution in [0.3, 0.4) is 0 Å². The van der Waals surface area contributed by atoms with Gasteiger partial charge in [0.05, 0.1) is 18.5 Å². The second-order valence-corrected chi connectivity index (χ2v) is 25.1. The molecule has 2 aliphatic heterocycles. The molecule has 2 fully saturated rings. The van der Waals surface area contributed by atoms with E-state index in [4.69, 9.17) is 36.6 Å². The number of guanidine groups is 1. The van der Waals surface area contributed by atoms with E-state index in [9.17, 15) is 75.8 Å². The zero-order chi connectivity index (χ0) is 74.9. The number of nitrogens with zero attached hydrogens (tertiary/aromatic N) is 3. The number of carboxylic acids is 1. The molecule has 12 amide bonds. The number of ether oxygens (including phenoxy) is 2. The highest BCUT2D eigenvalue weighted by molar-refractivity contribution is 6.00. The van der Waals surface area contributed by atoms with E-state index < -0.39 is 151 Å². The number of carbonyl (C=O) groups is 13. The molecule has 2 aromatic heterocycles. The Morgan fingerprint density at radius 1 is 0.713 bits per heavy atom. The number of urea groups is 1. The van der Waals surface area contributed by atoms with Crippen molar-refractivity contribution in [2.24, 2.45) is 28.1 Å². The number of primary amides is 1. The number of alkyl halides is 3. The first-order valence-electron chi connectivity index (χ1n) is 32.0. The van der Waals surface area contributed by atoms with Crippen LogP contribution in [0.1, 0.15) is 103 Å². The highest BCUT2D eigenvalue weighted by Gasteiger charge is 2.41. The second kappa shape index (κ2) is 37.8. The zero-order valence-electron chi connectivity index (χ0n) is 56.2. The number of phenols is 1. The Balaban J connectivity index is 0.00000249. The van der Waals surface area contributed by atoms with Crippen molar-refractivity contribution >= 4 is 93.9 Å². The lowest BCUT2D eigenvalue weighted by molar-refractivity contribution is -0.192. The number of para-hydroxylation sites is 1. The molecule has 0 unspecified atom stereocenters. The van der Waals surface area contributed by atoms with Crippen LogP contribution in [0.4, 0.5) is 18.0 Å². The average Bonchev–Trinajstić information content (AvgIpc) is 1.77. The number of aliphatic carboxylic acids is 1. The number of nitrogens with one attached hydrogen (secondary N) is 12. The molecule has 20 N–H and O–H groups in total. The molecule has 38 heteroatoms. The summed E-state index contributed by atoms with van der Waals surface area (Å²) < 4.78 is 43.1. The van der Waals surface area contributed by atoms with E-state index >= 15 is 0 Å². The zero-order valence-corrected chi connectivity index (χ0v) is 56.2. The van der Waals surface area contributed by atoms with Gasteiger partial charge in [0.15, 0.2) is 5.96 Å². The Labute approximate surface area is 576 Å². The molecule has 9 atom stereocenters. The van der Waals surface area contributed by atoms with E-state index in [1.807, 2.05) is 5.43 Å². The van der Waals surface area contributed by atoms with E-state index in [1.54, 1.807) is 65.1 Å². The maximum Gasteiger partial charge on any atom is 0.490 e. The highest BCUT2D eigenvalue weighted by atomic mass is 19.4. The van der Waals surface area contributed by atoms with Gasteiger partial charge in [-0.2, -0.15) is 13.2 Å². The summed E-state index contributed by atoms with van der Waals surface area (Å²) >= 11 is 0. The molecule has 0 radical (unpaired) electrons. The Hall–Kier alpha value is -11.1. The van der Waals surface area contributed by atoms with Crippen LogP contribution in [-0.4, -0.2) is 206 Å². The molecule has 4 heterocycles. The highest BCUT2D eigenvalue weighted by Crippen LogP contribution is 2.23. The third-order valence-electron chi connectivity index (χ3n) is 15.4. The number of halogens is 3. The van der Waals surface area contributed by atoms with E-state index in [-0.39, 0.29) is 94.4 Å². The van der Waals surface area contributed by atoms with Crippen molar-refractivity contribution < 1.29 is 95.2 Å². The third-order valence-corrected chi connectivity index (χ3v) is 15.4. The standard InChI is InChI=1S/C61H86N18O15.C2HF3O2/c1-32(2)23-42(51(84)70-41(13-9-21-66-59(62)63)58(91)79-22-10-14-48(79)57(90)77-78-60(64)92)71-56(89)47(30-94-61(4,5)6)76-52(85)43(24-34-15-17-37(81)18-16-34)72-55(88)46(29-93-33(3)80)75-53(86)44(25-35-27-67-39-12-8-7-11-38(35)39)73-54(87)45(26-36-28-65-31-68-36)74-50(83)40-19-20-49(82)69-40;3-2(4,5)1(6)7/h7-8,11-12,15-18,27-28,31-32,40-48,67,81H,9-10,13-14,19-26,29-30H2,1-6H3,(H,65,68)(H,69,82)(H,70,84)(H,71,89)(H,72,88)(H,73,87)(H,74,83)(H,75,86)(H,76,85)(H,77,90)(H4,62,63,66)(H3,64,78,92);(H,6,7)/t40-,41-,42-,43-,44-,45-,46+,47+,48-;/m0./s1. The molecule has 6 rings (SSSR count). The maximum atomic E-state index is 14.9. The number of esters is 1. The summed E-state index contributed by atoms with van der Waals surface area (Å²) in [7, 11) is 0. The first-order valence-corrected chi connectivity index (χ1v) is 32.0. The number of imidazole rings is 1. The normalized spacial score (nSPS) is 16.3. The maximum absolute atomic E-state index is 14.9. The summed E-state index contributed by atoms with van der Waals surface area (Å²) in [6.45, 7) is 8.50. The molecule has 0 aliphatic carbocycles. The second-order valence-electron chi connectivity index (χ2n) is 25.1. The first kappa shape index (κ1) is 80.6. The minimum atomic E-state index is -5.08. The third kappa shape index (κ3) is 26.9. The van der Waals surface area contributed by atoms with Crippen LogP contribution in [0.15, 0.2) is 72.2 Å². The van der Waals surface area contributed by atoms with Crippen LogP contribution in [-0.2, 0) is 86.3 Å².